The van der Waals surface area contributed by atoms with Gasteiger partial charge in [-0.3, -0.25) is 19.6 Å². The van der Waals surface area contributed by atoms with Gasteiger partial charge >= 0.3 is 0 Å². The van der Waals surface area contributed by atoms with Crippen LogP contribution in [0.15, 0.2) is 59.4 Å². The topological polar surface area (TPSA) is 148 Å². The van der Waals surface area contributed by atoms with Gasteiger partial charge in [0.15, 0.2) is 10.3 Å². The minimum absolute atomic E-state index is 0.263. The Bertz CT molecular complexity index is 1680. The number of nitrogens with two attached hydrogens (primary N) is 2. The maximum atomic E-state index is 11.3. The van der Waals surface area contributed by atoms with Crippen LogP contribution in [0, 0.1) is 11.8 Å². The quantitative estimate of drug-likeness (QED) is 0.115. The van der Waals surface area contributed by atoms with Crippen LogP contribution in [0.5, 0.6) is 0 Å². The highest BCUT2D eigenvalue weighted by atomic mass is 32.2. The zero-order chi connectivity index (χ0) is 36.7. The molecule has 6 rings (SSSR count). The summed E-state index contributed by atoms with van der Waals surface area (Å²) in [6.45, 7) is 5.86. The zero-order valence-electron chi connectivity index (χ0n) is 31.0. The number of carbonyl (C=O) groups is 2. The van der Waals surface area contributed by atoms with E-state index < -0.39 is 0 Å². The van der Waals surface area contributed by atoms with Gasteiger partial charge in [0.05, 0.1) is 22.9 Å². The van der Waals surface area contributed by atoms with Crippen LogP contribution in [0.4, 0.5) is 0 Å². The second kappa shape index (κ2) is 20.6. The van der Waals surface area contributed by atoms with Crippen molar-refractivity contribution in [1.82, 2.24) is 29.1 Å². The molecule has 2 fully saturated rings. The highest BCUT2D eigenvalue weighted by molar-refractivity contribution is 8.00. The second-order valence-corrected chi connectivity index (χ2v) is 16.0. The molecule has 280 valence electrons. The number of pyridine rings is 2. The number of hydrogen-bond donors (Lipinski definition) is 2. The number of carbonyl (C=O) groups excluding carboxylic acids is 2. The Hall–Kier alpha value is -3.64. The van der Waals surface area contributed by atoms with Crippen molar-refractivity contribution in [2.45, 2.75) is 127 Å². The maximum Gasteiger partial charge on any atom is 0.227 e. The van der Waals surface area contributed by atoms with Gasteiger partial charge in [0.1, 0.15) is 0 Å². The Morgan fingerprint density at radius 3 is 1.52 bits per heavy atom. The van der Waals surface area contributed by atoms with Crippen LogP contribution < -0.4 is 11.5 Å². The van der Waals surface area contributed by atoms with Crippen molar-refractivity contribution in [2.75, 3.05) is 11.5 Å². The number of aryl methyl sites for hydroxylation is 1. The molecule has 0 radical (unpaired) electrons. The Morgan fingerprint density at radius 1 is 0.635 bits per heavy atom. The van der Waals surface area contributed by atoms with Crippen molar-refractivity contribution in [1.29, 1.82) is 0 Å². The van der Waals surface area contributed by atoms with Crippen LogP contribution in [0.3, 0.4) is 0 Å². The average molecular weight is 745 g/mol. The first-order valence-corrected chi connectivity index (χ1v) is 21.1. The third-order valence-electron chi connectivity index (χ3n) is 10.2. The number of primary amides is 2. The lowest BCUT2D eigenvalue weighted by atomic mass is 9.85. The summed E-state index contributed by atoms with van der Waals surface area (Å²) in [6.07, 6.45) is 24.6. The number of nitrogens with zero attached hydrogens (tertiary/aromatic N) is 6. The fraction of sp³-hybridized carbons (Fsp3) is 0.550. The summed E-state index contributed by atoms with van der Waals surface area (Å²) >= 11 is 2.90. The average Bonchev–Trinajstić information content (AvgIpc) is 3.66. The Balaban J connectivity index is 0.000000201. The molecule has 2 saturated carbocycles. The zero-order valence-corrected chi connectivity index (χ0v) is 32.6. The van der Waals surface area contributed by atoms with E-state index in [0.29, 0.717) is 0 Å². The molecule has 4 heterocycles. The molecule has 4 N–H and O–H groups in total. The molecule has 4 aromatic heterocycles. The summed E-state index contributed by atoms with van der Waals surface area (Å²) < 4.78 is 4.57. The minimum Gasteiger partial charge on any atom is -0.369 e. The molecule has 52 heavy (non-hydrogen) atoms. The van der Waals surface area contributed by atoms with E-state index in [2.05, 4.69) is 32.9 Å². The van der Waals surface area contributed by atoms with Gasteiger partial charge in [0.25, 0.3) is 0 Å². The molecule has 0 bridgehead atoms. The molecule has 2 aliphatic carbocycles. The Kier molecular flexibility index (Phi) is 15.6. The van der Waals surface area contributed by atoms with Crippen LogP contribution in [0.1, 0.15) is 112 Å². The molecular weight excluding hydrogens is 689 g/mol. The summed E-state index contributed by atoms with van der Waals surface area (Å²) in [5, 5.41) is 1.81. The molecule has 0 aromatic carbocycles. The van der Waals surface area contributed by atoms with Gasteiger partial charge in [0, 0.05) is 49.3 Å². The highest BCUT2D eigenvalue weighted by Crippen LogP contribution is 2.32. The number of imidazole rings is 2. The third-order valence-corrected chi connectivity index (χ3v) is 12.2. The lowest BCUT2D eigenvalue weighted by molar-refractivity contribution is -0.116. The molecule has 2 amide bonds. The maximum absolute atomic E-state index is 11.3. The second-order valence-electron chi connectivity index (χ2n) is 14.1. The van der Waals surface area contributed by atoms with Crippen molar-refractivity contribution in [3.8, 4) is 0 Å². The van der Waals surface area contributed by atoms with E-state index in [-0.39, 0.29) is 23.3 Å². The molecule has 0 spiro atoms. The molecule has 0 saturated heterocycles. The van der Waals surface area contributed by atoms with Gasteiger partial charge in [-0.1, -0.05) is 102 Å². The van der Waals surface area contributed by atoms with Crippen molar-refractivity contribution < 1.29 is 9.59 Å². The van der Waals surface area contributed by atoms with Gasteiger partial charge in [-0.2, -0.15) is 0 Å². The molecule has 0 unspecified atom stereocenters. The van der Waals surface area contributed by atoms with E-state index in [1.807, 2.05) is 49.1 Å². The number of rotatable bonds is 16. The van der Waals surface area contributed by atoms with Crippen LogP contribution >= 0.6 is 23.5 Å². The fourth-order valence-electron chi connectivity index (χ4n) is 7.58. The van der Waals surface area contributed by atoms with Crippen LogP contribution in [-0.2, 0) is 48.4 Å². The van der Waals surface area contributed by atoms with Crippen LogP contribution in [0.25, 0.3) is 0 Å². The van der Waals surface area contributed by atoms with Crippen LogP contribution in [-0.4, -0.2) is 52.4 Å². The first-order valence-electron chi connectivity index (χ1n) is 19.1. The standard InChI is InChI=1S/2C20H28N4OS/c1-2-18-17(12-15-6-4-3-5-7-15)23-20(26-14-19(21)25)24(18)13-16-8-10-22-11-9-16;1-2-17-18(12-15-6-4-3-5-7-15)24(13-16-8-10-22-11-9-16)20(23-17)26-14-19(21)25/h2*8-11,15H,2-7,12-14H2,1H3,(H2,21,25). The van der Waals surface area contributed by atoms with E-state index in [0.717, 1.165) is 66.6 Å². The summed E-state index contributed by atoms with van der Waals surface area (Å²) in [4.78, 5) is 40.6. The molecule has 10 nitrogen and oxygen atoms in total. The summed E-state index contributed by atoms with van der Waals surface area (Å²) in [5.41, 5.74) is 18.1. The largest absolute Gasteiger partial charge is 0.369 e. The molecule has 0 atom stereocenters. The van der Waals surface area contributed by atoms with E-state index in [1.54, 1.807) is 0 Å². The van der Waals surface area contributed by atoms with Crippen LogP contribution in [0.2, 0.25) is 0 Å². The number of amides is 2. The van der Waals surface area contributed by atoms with Gasteiger partial charge in [-0.05, 0) is 72.9 Å². The van der Waals surface area contributed by atoms with Crippen molar-refractivity contribution in [3.05, 3.63) is 83.0 Å². The summed E-state index contributed by atoms with van der Waals surface area (Å²) in [7, 11) is 0. The first-order chi connectivity index (χ1) is 25.3. The first kappa shape index (κ1) is 39.6. The van der Waals surface area contributed by atoms with Gasteiger partial charge in [-0.15, -0.1) is 0 Å². The van der Waals surface area contributed by atoms with Gasteiger partial charge < -0.3 is 20.6 Å². The lowest BCUT2D eigenvalue weighted by Crippen LogP contribution is -2.16. The molecule has 2 aliphatic rings. The molecule has 4 aromatic rings. The lowest BCUT2D eigenvalue weighted by Gasteiger charge is -2.23. The summed E-state index contributed by atoms with van der Waals surface area (Å²) in [5.74, 6) is 1.41. The molecule has 0 aliphatic heterocycles. The predicted molar refractivity (Wildman–Crippen MR) is 210 cm³/mol. The third kappa shape index (κ3) is 11.7. The van der Waals surface area contributed by atoms with Gasteiger partial charge in [-0.25, -0.2) is 9.97 Å². The highest BCUT2D eigenvalue weighted by Gasteiger charge is 2.23. The molecular formula is C40H56N8O2S2. The number of aromatic nitrogens is 6. The molecule has 12 heteroatoms. The van der Waals surface area contributed by atoms with E-state index in [9.17, 15) is 9.59 Å². The SMILES string of the molecule is CCc1c(CC2CCCCC2)nc(SCC(N)=O)n1Cc1ccncc1.CCc1nc(SCC(N)=O)n(Cc2ccncc2)c1CC1CCCCC1. The smallest absolute Gasteiger partial charge is 0.227 e. The predicted octanol–water partition coefficient (Wildman–Crippen LogP) is 7.18. The Labute approximate surface area is 317 Å². The van der Waals surface area contributed by atoms with Gasteiger partial charge in [0.2, 0.25) is 11.8 Å². The number of hydrogen-bond acceptors (Lipinski definition) is 8. The normalized spacial score (nSPS) is 15.3. The van der Waals surface area contributed by atoms with Crippen molar-refractivity contribution in [2.24, 2.45) is 23.3 Å². The minimum atomic E-state index is -0.305. The van der Waals surface area contributed by atoms with E-state index in [1.165, 1.54) is 116 Å². The van der Waals surface area contributed by atoms with E-state index in [4.69, 9.17) is 21.4 Å². The Morgan fingerprint density at radius 2 is 1.08 bits per heavy atom. The monoisotopic (exact) mass is 744 g/mol. The van der Waals surface area contributed by atoms with Crippen molar-refractivity contribution >= 4 is 35.3 Å². The summed E-state index contributed by atoms with van der Waals surface area (Å²) in [6, 6.07) is 8.14. The fourth-order valence-corrected chi connectivity index (χ4v) is 9.13. The van der Waals surface area contributed by atoms with E-state index >= 15 is 0 Å². The number of thioether (sulfide) groups is 2. The van der Waals surface area contributed by atoms with Crippen molar-refractivity contribution in [3.63, 3.8) is 0 Å².